The molecule has 0 bridgehead atoms. The molecule has 0 saturated heterocycles. The normalized spacial score (nSPS) is 15.9. The van der Waals surface area contributed by atoms with E-state index in [0.717, 1.165) is 22.6 Å². The Kier molecular flexibility index (Phi) is 6.27. The molecule has 2 unspecified atom stereocenters. The van der Waals surface area contributed by atoms with Crippen LogP contribution in [0.15, 0.2) is 48.5 Å². The topological polar surface area (TPSA) is 46.3 Å². The first-order valence-electron chi connectivity index (χ1n) is 7.93. The Bertz CT molecular complexity index is 706. The van der Waals surface area contributed by atoms with Gasteiger partial charge in [0.15, 0.2) is 0 Å². The number of halogens is 2. The molecule has 2 atom stereocenters. The molecule has 1 amide bonds. The maximum Gasteiger partial charge on any atom is 0.227 e. The summed E-state index contributed by atoms with van der Waals surface area (Å²) in [6.45, 7) is 3.22. The number of carbonyl (C=O) groups excluding carboxylic acids is 1. The summed E-state index contributed by atoms with van der Waals surface area (Å²) in [5.41, 5.74) is 9.59. The number of carbonyl (C=O) groups is 1. The zero-order chi connectivity index (χ0) is 16.4. The van der Waals surface area contributed by atoms with Crippen molar-refractivity contribution >= 4 is 29.9 Å². The molecular formula is C19H22Cl2N2O. The number of amides is 1. The predicted molar refractivity (Wildman–Crippen MR) is 100 cm³/mol. The van der Waals surface area contributed by atoms with Crippen molar-refractivity contribution < 1.29 is 4.79 Å². The lowest BCUT2D eigenvalue weighted by Gasteiger charge is -2.33. The van der Waals surface area contributed by atoms with Crippen LogP contribution in [0, 0.1) is 5.92 Å². The van der Waals surface area contributed by atoms with Gasteiger partial charge >= 0.3 is 0 Å². The van der Waals surface area contributed by atoms with Crippen LogP contribution in [0.25, 0.3) is 0 Å². The molecule has 5 heteroatoms. The van der Waals surface area contributed by atoms with Crippen LogP contribution in [0.4, 0.5) is 0 Å². The summed E-state index contributed by atoms with van der Waals surface area (Å²) in [4.78, 5) is 14.7. The van der Waals surface area contributed by atoms with E-state index >= 15 is 0 Å². The highest BCUT2D eigenvalue weighted by Gasteiger charge is 2.29. The van der Waals surface area contributed by atoms with Gasteiger partial charge in [0.25, 0.3) is 0 Å². The van der Waals surface area contributed by atoms with Crippen molar-refractivity contribution in [3.8, 4) is 0 Å². The molecule has 1 heterocycles. The highest BCUT2D eigenvalue weighted by atomic mass is 35.5. The second kappa shape index (κ2) is 8.02. The molecular weight excluding hydrogens is 343 g/mol. The second-order valence-corrected chi connectivity index (χ2v) is 6.52. The molecule has 1 aliphatic rings. The molecule has 0 radical (unpaired) electrons. The average Bonchev–Trinajstić information content (AvgIpc) is 2.60. The van der Waals surface area contributed by atoms with E-state index in [1.165, 1.54) is 5.56 Å². The van der Waals surface area contributed by atoms with Crippen LogP contribution in [-0.4, -0.2) is 17.4 Å². The van der Waals surface area contributed by atoms with E-state index in [-0.39, 0.29) is 30.3 Å². The lowest BCUT2D eigenvalue weighted by Crippen LogP contribution is -2.42. The first-order chi connectivity index (χ1) is 11.1. The van der Waals surface area contributed by atoms with Gasteiger partial charge in [-0.3, -0.25) is 4.79 Å². The number of fused-ring (bicyclic) bond motifs is 1. The minimum atomic E-state index is -0.288. The molecule has 3 rings (SSSR count). The SMILES string of the molecule is CC(C(=O)N1CCc2c(Cl)cccc2C1)C(N)c1ccccc1.Cl. The fourth-order valence-corrected chi connectivity index (χ4v) is 3.45. The van der Waals surface area contributed by atoms with Crippen molar-refractivity contribution in [1.29, 1.82) is 0 Å². The highest BCUT2D eigenvalue weighted by molar-refractivity contribution is 6.31. The quantitative estimate of drug-likeness (QED) is 0.894. The molecule has 0 spiro atoms. The smallest absolute Gasteiger partial charge is 0.227 e. The monoisotopic (exact) mass is 364 g/mol. The van der Waals surface area contributed by atoms with Crippen LogP contribution in [0.1, 0.15) is 29.7 Å². The molecule has 2 aromatic rings. The molecule has 2 N–H and O–H groups in total. The number of nitrogens with two attached hydrogens (primary N) is 1. The Balaban J connectivity index is 0.00000208. The summed E-state index contributed by atoms with van der Waals surface area (Å²) in [7, 11) is 0. The highest BCUT2D eigenvalue weighted by Crippen LogP contribution is 2.28. The molecule has 1 aliphatic heterocycles. The standard InChI is InChI=1S/C19H21ClN2O.ClH/c1-13(18(21)14-6-3-2-4-7-14)19(23)22-11-10-16-15(12-22)8-5-9-17(16)20;/h2-9,13,18H,10-12,21H2,1H3;1H. The zero-order valence-electron chi connectivity index (χ0n) is 13.6. The molecule has 128 valence electrons. The Hall–Kier alpha value is -1.55. The van der Waals surface area contributed by atoms with Gasteiger partial charge in [-0.2, -0.15) is 0 Å². The minimum Gasteiger partial charge on any atom is -0.338 e. The van der Waals surface area contributed by atoms with E-state index in [9.17, 15) is 4.79 Å². The first-order valence-corrected chi connectivity index (χ1v) is 8.31. The van der Waals surface area contributed by atoms with Crippen LogP contribution in [0.2, 0.25) is 5.02 Å². The van der Waals surface area contributed by atoms with Gasteiger partial charge in [0, 0.05) is 24.2 Å². The molecule has 3 nitrogen and oxygen atoms in total. The average molecular weight is 365 g/mol. The van der Waals surface area contributed by atoms with Gasteiger partial charge in [0.1, 0.15) is 0 Å². The Morgan fingerprint density at radius 3 is 2.58 bits per heavy atom. The minimum absolute atomic E-state index is 0. The Labute approximate surface area is 154 Å². The number of benzene rings is 2. The van der Waals surface area contributed by atoms with Gasteiger partial charge in [-0.05, 0) is 29.2 Å². The van der Waals surface area contributed by atoms with Crippen LogP contribution >= 0.6 is 24.0 Å². The van der Waals surface area contributed by atoms with Crippen molar-refractivity contribution in [2.75, 3.05) is 6.54 Å². The summed E-state index contributed by atoms with van der Waals surface area (Å²) in [5, 5.41) is 0.795. The van der Waals surface area contributed by atoms with Crippen molar-refractivity contribution in [2.45, 2.75) is 25.9 Å². The number of rotatable bonds is 3. The third-order valence-electron chi connectivity index (χ3n) is 4.63. The summed E-state index contributed by atoms with van der Waals surface area (Å²) >= 11 is 6.24. The van der Waals surface area contributed by atoms with Crippen molar-refractivity contribution in [2.24, 2.45) is 11.7 Å². The van der Waals surface area contributed by atoms with E-state index in [4.69, 9.17) is 17.3 Å². The number of nitrogens with zero attached hydrogens (tertiary/aromatic N) is 1. The van der Waals surface area contributed by atoms with Crippen LogP contribution in [0.5, 0.6) is 0 Å². The van der Waals surface area contributed by atoms with Gasteiger partial charge in [-0.25, -0.2) is 0 Å². The van der Waals surface area contributed by atoms with Gasteiger partial charge in [-0.1, -0.05) is 61.0 Å². The molecule has 24 heavy (non-hydrogen) atoms. The van der Waals surface area contributed by atoms with Crippen molar-refractivity contribution in [3.63, 3.8) is 0 Å². The van der Waals surface area contributed by atoms with Crippen molar-refractivity contribution in [1.82, 2.24) is 4.90 Å². The van der Waals surface area contributed by atoms with Crippen LogP contribution in [-0.2, 0) is 17.8 Å². The van der Waals surface area contributed by atoms with Gasteiger partial charge in [0.05, 0.1) is 5.92 Å². The van der Waals surface area contributed by atoms with Gasteiger partial charge in [-0.15, -0.1) is 12.4 Å². The first kappa shape index (κ1) is 18.8. The maximum atomic E-state index is 12.8. The van der Waals surface area contributed by atoms with E-state index in [0.29, 0.717) is 13.1 Å². The maximum absolute atomic E-state index is 12.8. The second-order valence-electron chi connectivity index (χ2n) is 6.11. The van der Waals surface area contributed by atoms with Gasteiger partial charge < -0.3 is 10.6 Å². The van der Waals surface area contributed by atoms with Crippen LogP contribution in [0.3, 0.4) is 0 Å². The lowest BCUT2D eigenvalue weighted by atomic mass is 9.92. The Morgan fingerprint density at radius 2 is 1.88 bits per heavy atom. The molecule has 0 fully saturated rings. The fraction of sp³-hybridized carbons (Fsp3) is 0.316. The largest absolute Gasteiger partial charge is 0.338 e. The number of hydrogen-bond donors (Lipinski definition) is 1. The summed E-state index contributed by atoms with van der Waals surface area (Å²) in [5.74, 6) is -0.148. The molecule has 0 saturated carbocycles. The molecule has 0 aromatic heterocycles. The lowest BCUT2D eigenvalue weighted by molar-refractivity contribution is -0.136. The van der Waals surface area contributed by atoms with E-state index in [1.54, 1.807) is 0 Å². The summed E-state index contributed by atoms with van der Waals surface area (Å²) < 4.78 is 0. The zero-order valence-corrected chi connectivity index (χ0v) is 15.2. The predicted octanol–water partition coefficient (Wildman–Crippen LogP) is 3.98. The van der Waals surface area contributed by atoms with E-state index in [2.05, 4.69) is 0 Å². The van der Waals surface area contributed by atoms with Crippen LogP contribution < -0.4 is 5.73 Å². The summed E-state index contributed by atoms with van der Waals surface area (Å²) in [6, 6.07) is 15.4. The summed E-state index contributed by atoms with van der Waals surface area (Å²) in [6.07, 6.45) is 0.800. The molecule has 0 aliphatic carbocycles. The van der Waals surface area contributed by atoms with E-state index in [1.807, 2.05) is 60.4 Å². The third-order valence-corrected chi connectivity index (χ3v) is 4.99. The Morgan fingerprint density at radius 1 is 1.17 bits per heavy atom. The van der Waals surface area contributed by atoms with E-state index < -0.39 is 0 Å². The fourth-order valence-electron chi connectivity index (χ4n) is 3.16. The molecule has 2 aromatic carbocycles. The third kappa shape index (κ3) is 3.75. The van der Waals surface area contributed by atoms with Crippen molar-refractivity contribution in [3.05, 3.63) is 70.2 Å². The van der Waals surface area contributed by atoms with Gasteiger partial charge in [0.2, 0.25) is 5.91 Å². The number of hydrogen-bond acceptors (Lipinski definition) is 2.